The minimum absolute atomic E-state index is 0.0000753. The predicted molar refractivity (Wildman–Crippen MR) is 140 cm³/mol. The van der Waals surface area contributed by atoms with E-state index in [2.05, 4.69) is 34.5 Å². The van der Waals surface area contributed by atoms with Gasteiger partial charge >= 0.3 is 5.97 Å². The standard InChI is InChI=1S/C28H35N3O4S/c1-16-15-29-27(36-16)30-25(33)10-6-19-14-24(31-34-4)28(3)12-11-22-21-9-7-20(35-17(2)32)13-18(21)5-8-23(22)26(19)28/h7,9,13,15,19,22-23,26H,5-6,8,10-12,14H2,1-4H3,(H,29,30,33). The molecule has 1 aromatic carbocycles. The molecule has 2 aromatic rings. The summed E-state index contributed by atoms with van der Waals surface area (Å²) in [6.45, 7) is 5.79. The molecular formula is C28H35N3O4S. The molecule has 3 aliphatic carbocycles. The number of oxime groups is 1. The van der Waals surface area contributed by atoms with E-state index in [-0.39, 0.29) is 17.3 Å². The molecule has 1 aromatic heterocycles. The van der Waals surface area contributed by atoms with Crippen LogP contribution in [0.5, 0.6) is 5.75 Å². The number of carbonyl (C=O) groups excluding carboxylic acids is 2. The minimum Gasteiger partial charge on any atom is -0.427 e. The fourth-order valence-corrected chi connectivity index (χ4v) is 7.98. The SMILES string of the molecule is CON=C1CC(CCC(=O)Nc2ncc(C)s2)C2C3CCc4cc(OC(C)=O)ccc4C3CCC12C. The van der Waals surface area contributed by atoms with Crippen LogP contribution in [0.15, 0.2) is 29.6 Å². The number of aryl methyl sites for hydroxylation is 2. The van der Waals surface area contributed by atoms with Crippen molar-refractivity contribution in [2.75, 3.05) is 12.4 Å². The van der Waals surface area contributed by atoms with E-state index in [4.69, 9.17) is 9.57 Å². The highest BCUT2D eigenvalue weighted by Crippen LogP contribution is 2.62. The summed E-state index contributed by atoms with van der Waals surface area (Å²) in [6, 6.07) is 6.16. The number of nitrogens with one attached hydrogen (secondary N) is 1. The van der Waals surface area contributed by atoms with Gasteiger partial charge < -0.3 is 14.9 Å². The largest absolute Gasteiger partial charge is 0.427 e. The number of ether oxygens (including phenoxy) is 1. The van der Waals surface area contributed by atoms with E-state index >= 15 is 0 Å². The summed E-state index contributed by atoms with van der Waals surface area (Å²) in [6.07, 6.45) is 8.24. The van der Waals surface area contributed by atoms with E-state index in [0.717, 1.165) is 49.1 Å². The first-order valence-corrected chi connectivity index (χ1v) is 13.7. The fraction of sp³-hybridized carbons (Fsp3) is 0.571. The topological polar surface area (TPSA) is 89.9 Å². The number of aromatic nitrogens is 1. The molecule has 36 heavy (non-hydrogen) atoms. The Labute approximate surface area is 216 Å². The van der Waals surface area contributed by atoms with Gasteiger partial charge in [-0.05, 0) is 92.4 Å². The second-order valence-electron chi connectivity index (χ2n) is 10.8. The Hall–Kier alpha value is -2.74. The molecule has 5 rings (SSSR count). The number of esters is 1. The lowest BCUT2D eigenvalue weighted by molar-refractivity contribution is -0.131. The molecule has 1 amide bonds. The highest BCUT2D eigenvalue weighted by Gasteiger charge is 2.57. The lowest BCUT2D eigenvalue weighted by atomic mass is 9.54. The molecular weight excluding hydrogens is 474 g/mol. The smallest absolute Gasteiger partial charge is 0.308 e. The van der Waals surface area contributed by atoms with Crippen LogP contribution in [-0.2, 0) is 20.8 Å². The predicted octanol–water partition coefficient (Wildman–Crippen LogP) is 5.88. The van der Waals surface area contributed by atoms with Crippen molar-refractivity contribution in [3.8, 4) is 5.75 Å². The van der Waals surface area contributed by atoms with Gasteiger partial charge in [0, 0.05) is 29.8 Å². The third-order valence-electron chi connectivity index (χ3n) is 8.64. The molecule has 192 valence electrons. The molecule has 0 radical (unpaired) electrons. The van der Waals surface area contributed by atoms with Crippen LogP contribution in [0.3, 0.4) is 0 Å². The molecule has 0 bridgehead atoms. The van der Waals surface area contributed by atoms with E-state index in [9.17, 15) is 9.59 Å². The van der Waals surface area contributed by atoms with Crippen molar-refractivity contribution in [3.63, 3.8) is 0 Å². The summed E-state index contributed by atoms with van der Waals surface area (Å²) in [7, 11) is 1.63. The average Bonchev–Trinajstić information content (AvgIpc) is 3.37. The van der Waals surface area contributed by atoms with Crippen LogP contribution in [0.1, 0.15) is 74.3 Å². The Kier molecular flexibility index (Phi) is 6.90. The first kappa shape index (κ1) is 24.9. The lowest BCUT2D eigenvalue weighted by Crippen LogP contribution is -2.44. The molecule has 7 nitrogen and oxygen atoms in total. The Morgan fingerprint density at radius 2 is 2.14 bits per heavy atom. The maximum Gasteiger partial charge on any atom is 0.308 e. The Morgan fingerprint density at radius 1 is 1.31 bits per heavy atom. The summed E-state index contributed by atoms with van der Waals surface area (Å²) in [4.78, 5) is 34.8. The molecule has 3 aliphatic rings. The zero-order valence-corrected chi connectivity index (χ0v) is 22.3. The molecule has 8 heteroatoms. The first-order chi connectivity index (χ1) is 17.3. The monoisotopic (exact) mass is 509 g/mol. The van der Waals surface area contributed by atoms with Gasteiger partial charge in [0.2, 0.25) is 5.91 Å². The summed E-state index contributed by atoms with van der Waals surface area (Å²) in [5.41, 5.74) is 3.86. The normalized spacial score (nSPS) is 29.7. The summed E-state index contributed by atoms with van der Waals surface area (Å²) < 4.78 is 5.35. The third-order valence-corrected chi connectivity index (χ3v) is 9.47. The van der Waals surface area contributed by atoms with Crippen molar-refractivity contribution in [3.05, 3.63) is 40.4 Å². The molecule has 2 fully saturated rings. The quantitative estimate of drug-likeness (QED) is 0.298. The van der Waals surface area contributed by atoms with Crippen LogP contribution in [0.25, 0.3) is 0 Å². The second-order valence-corrected chi connectivity index (χ2v) is 12.0. The highest BCUT2D eigenvalue weighted by atomic mass is 32.1. The molecule has 0 spiro atoms. The Balaban J connectivity index is 1.36. The number of hydrogen-bond donors (Lipinski definition) is 1. The van der Waals surface area contributed by atoms with Crippen LogP contribution >= 0.6 is 11.3 Å². The molecule has 1 N–H and O–H groups in total. The third kappa shape index (κ3) is 4.67. The minimum atomic E-state index is -0.287. The van der Waals surface area contributed by atoms with Gasteiger partial charge in [-0.3, -0.25) is 9.59 Å². The lowest BCUT2D eigenvalue weighted by Gasteiger charge is -2.50. The van der Waals surface area contributed by atoms with Gasteiger partial charge in [-0.1, -0.05) is 18.1 Å². The number of fused-ring (bicyclic) bond motifs is 5. The van der Waals surface area contributed by atoms with Crippen molar-refractivity contribution in [2.45, 2.75) is 71.6 Å². The van der Waals surface area contributed by atoms with Crippen LogP contribution < -0.4 is 10.1 Å². The summed E-state index contributed by atoms with van der Waals surface area (Å²) >= 11 is 1.50. The van der Waals surface area contributed by atoms with Gasteiger partial charge in [0.25, 0.3) is 0 Å². The summed E-state index contributed by atoms with van der Waals surface area (Å²) in [5.74, 6) is 2.25. The van der Waals surface area contributed by atoms with Crippen molar-refractivity contribution in [2.24, 2.45) is 28.3 Å². The first-order valence-electron chi connectivity index (χ1n) is 12.9. The number of nitrogens with zero attached hydrogens (tertiary/aromatic N) is 2. The zero-order chi connectivity index (χ0) is 25.4. The maximum atomic E-state index is 12.7. The van der Waals surface area contributed by atoms with Crippen LogP contribution in [0.2, 0.25) is 0 Å². The molecule has 5 atom stereocenters. The number of benzene rings is 1. The number of rotatable bonds is 6. The van der Waals surface area contributed by atoms with Crippen molar-refractivity contribution < 1.29 is 19.2 Å². The number of anilines is 1. The summed E-state index contributed by atoms with van der Waals surface area (Å²) in [5, 5.41) is 8.15. The average molecular weight is 510 g/mol. The van der Waals surface area contributed by atoms with E-state index in [1.165, 1.54) is 29.4 Å². The van der Waals surface area contributed by atoms with Crippen LogP contribution in [0.4, 0.5) is 5.13 Å². The molecule has 0 aliphatic heterocycles. The van der Waals surface area contributed by atoms with Gasteiger partial charge in [-0.25, -0.2) is 4.98 Å². The zero-order valence-electron chi connectivity index (χ0n) is 21.5. The van der Waals surface area contributed by atoms with Crippen molar-refractivity contribution >= 4 is 34.1 Å². The van der Waals surface area contributed by atoms with Gasteiger partial charge in [0.1, 0.15) is 12.9 Å². The van der Waals surface area contributed by atoms with E-state index in [1.54, 1.807) is 13.3 Å². The van der Waals surface area contributed by atoms with Crippen LogP contribution in [0, 0.1) is 30.1 Å². The molecule has 1 heterocycles. The van der Waals surface area contributed by atoms with Gasteiger partial charge in [-0.2, -0.15) is 0 Å². The molecule has 0 saturated heterocycles. The molecule has 5 unspecified atom stereocenters. The van der Waals surface area contributed by atoms with E-state index in [0.29, 0.717) is 41.0 Å². The molecule has 2 saturated carbocycles. The Bertz CT molecular complexity index is 1190. The van der Waals surface area contributed by atoms with Gasteiger partial charge in [0.15, 0.2) is 5.13 Å². The van der Waals surface area contributed by atoms with E-state index < -0.39 is 0 Å². The van der Waals surface area contributed by atoms with Gasteiger partial charge in [0.05, 0.1) is 5.71 Å². The number of carbonyl (C=O) groups is 2. The highest BCUT2D eigenvalue weighted by molar-refractivity contribution is 7.15. The second kappa shape index (κ2) is 9.96. The van der Waals surface area contributed by atoms with E-state index in [1.807, 2.05) is 13.0 Å². The van der Waals surface area contributed by atoms with Gasteiger partial charge in [-0.15, -0.1) is 11.3 Å². The number of hydrogen-bond acceptors (Lipinski definition) is 7. The maximum absolute atomic E-state index is 12.7. The van der Waals surface area contributed by atoms with Crippen LogP contribution in [-0.4, -0.2) is 29.7 Å². The number of amides is 1. The fourth-order valence-electron chi connectivity index (χ4n) is 7.30. The Morgan fingerprint density at radius 3 is 2.86 bits per heavy atom. The van der Waals surface area contributed by atoms with Crippen molar-refractivity contribution in [1.29, 1.82) is 0 Å². The van der Waals surface area contributed by atoms with Crippen molar-refractivity contribution in [1.82, 2.24) is 4.98 Å². The number of thiazole rings is 1.